The van der Waals surface area contributed by atoms with Crippen molar-refractivity contribution < 1.29 is 4.79 Å². The van der Waals surface area contributed by atoms with Gasteiger partial charge in [0.1, 0.15) is 0 Å². The summed E-state index contributed by atoms with van der Waals surface area (Å²) in [6.45, 7) is 7.84. The monoisotopic (exact) mass is 212 g/mol. The highest BCUT2D eigenvalue weighted by molar-refractivity contribution is 5.78. The van der Waals surface area contributed by atoms with E-state index in [-0.39, 0.29) is 5.92 Å². The zero-order valence-electron chi connectivity index (χ0n) is 10.5. The van der Waals surface area contributed by atoms with Crippen molar-refractivity contribution in [2.24, 2.45) is 11.8 Å². The summed E-state index contributed by atoms with van der Waals surface area (Å²) in [6, 6.07) is 0. The summed E-state index contributed by atoms with van der Waals surface area (Å²) >= 11 is 0. The van der Waals surface area contributed by atoms with Gasteiger partial charge < -0.3 is 9.80 Å². The Hall–Kier alpha value is -0.570. The van der Waals surface area contributed by atoms with Crippen molar-refractivity contribution in [1.29, 1.82) is 0 Å². The first kappa shape index (κ1) is 12.5. The predicted molar refractivity (Wildman–Crippen MR) is 62.7 cm³/mol. The summed E-state index contributed by atoms with van der Waals surface area (Å²) in [4.78, 5) is 15.9. The number of rotatable bonds is 3. The lowest BCUT2D eigenvalue weighted by molar-refractivity contribution is -0.134. The fraction of sp³-hybridized carbons (Fsp3) is 0.917. The Balaban J connectivity index is 2.32. The molecule has 1 aliphatic heterocycles. The van der Waals surface area contributed by atoms with Crippen LogP contribution in [0.3, 0.4) is 0 Å². The second-order valence-corrected chi connectivity index (χ2v) is 5.20. The molecule has 0 N–H and O–H groups in total. The highest BCUT2D eigenvalue weighted by atomic mass is 16.2. The number of hydrogen-bond acceptors (Lipinski definition) is 2. The van der Waals surface area contributed by atoms with Crippen LogP contribution in [0.25, 0.3) is 0 Å². The molecule has 3 heteroatoms. The number of carbonyl (C=O) groups excluding carboxylic acids is 1. The Kier molecular flexibility index (Phi) is 4.58. The molecule has 1 fully saturated rings. The zero-order valence-corrected chi connectivity index (χ0v) is 10.5. The Morgan fingerprint density at radius 1 is 1.33 bits per heavy atom. The van der Waals surface area contributed by atoms with E-state index in [1.807, 2.05) is 14.1 Å². The third kappa shape index (κ3) is 3.82. The summed E-state index contributed by atoms with van der Waals surface area (Å²) in [7, 11) is 3.70. The quantitative estimate of drug-likeness (QED) is 0.707. The lowest BCUT2D eigenvalue weighted by atomic mass is 9.95. The average Bonchev–Trinajstić information content (AvgIpc) is 2.17. The van der Waals surface area contributed by atoms with Gasteiger partial charge in [0.2, 0.25) is 5.91 Å². The largest absolute Gasteiger partial charge is 0.349 e. The van der Waals surface area contributed by atoms with Gasteiger partial charge >= 0.3 is 0 Å². The van der Waals surface area contributed by atoms with Gasteiger partial charge in [0.05, 0.1) is 0 Å². The molecule has 88 valence electrons. The molecular formula is C12H24N2O. The van der Waals surface area contributed by atoms with Crippen LogP contribution in [0.2, 0.25) is 0 Å². The van der Waals surface area contributed by atoms with Crippen LogP contribution in [0.5, 0.6) is 0 Å². The summed E-state index contributed by atoms with van der Waals surface area (Å²) in [5, 5.41) is 0. The van der Waals surface area contributed by atoms with Gasteiger partial charge in [-0.15, -0.1) is 0 Å². The van der Waals surface area contributed by atoms with Crippen molar-refractivity contribution >= 4 is 5.91 Å². The molecule has 1 rings (SSSR count). The first-order valence-corrected chi connectivity index (χ1v) is 5.94. The zero-order chi connectivity index (χ0) is 11.4. The first-order valence-electron chi connectivity index (χ1n) is 5.94. The maximum atomic E-state index is 11.7. The molecule has 0 saturated carbocycles. The molecule has 1 aliphatic rings. The van der Waals surface area contributed by atoms with Gasteiger partial charge in [-0.2, -0.15) is 0 Å². The molecule has 3 nitrogen and oxygen atoms in total. The molecule has 0 radical (unpaired) electrons. The van der Waals surface area contributed by atoms with Gasteiger partial charge in [-0.1, -0.05) is 13.8 Å². The number of carbonyl (C=O) groups is 1. The first-order chi connectivity index (χ1) is 7.00. The van der Waals surface area contributed by atoms with Crippen LogP contribution in [-0.2, 0) is 4.79 Å². The van der Waals surface area contributed by atoms with Crippen LogP contribution in [0.1, 0.15) is 26.7 Å². The summed E-state index contributed by atoms with van der Waals surface area (Å²) in [5.74, 6) is 1.30. The minimum absolute atomic E-state index is 0.267. The number of hydrogen-bond donors (Lipinski definition) is 0. The minimum Gasteiger partial charge on any atom is -0.349 e. The van der Waals surface area contributed by atoms with E-state index in [1.165, 1.54) is 6.54 Å². The Labute approximate surface area is 93.4 Å². The molecule has 0 bridgehead atoms. The third-order valence-electron chi connectivity index (χ3n) is 3.00. The Morgan fingerprint density at radius 2 is 1.87 bits per heavy atom. The van der Waals surface area contributed by atoms with E-state index in [4.69, 9.17) is 0 Å². The molecule has 15 heavy (non-hydrogen) atoms. The van der Waals surface area contributed by atoms with Gasteiger partial charge in [-0.05, 0) is 31.8 Å². The molecule has 0 aromatic heterocycles. The fourth-order valence-electron chi connectivity index (χ4n) is 2.24. The third-order valence-corrected chi connectivity index (χ3v) is 3.00. The van der Waals surface area contributed by atoms with Crippen LogP contribution in [-0.4, -0.2) is 49.4 Å². The molecule has 1 amide bonds. The van der Waals surface area contributed by atoms with E-state index < -0.39 is 0 Å². The molecule has 0 unspecified atom stereocenters. The standard InChI is InChI=1S/C12H24N2O/c1-10(2)9-14-7-5-11(6-8-14)12(15)13(3)4/h10-11H,5-9H2,1-4H3. The molecule has 0 aromatic rings. The van der Waals surface area contributed by atoms with E-state index in [0.717, 1.165) is 31.8 Å². The van der Waals surface area contributed by atoms with E-state index in [0.29, 0.717) is 5.91 Å². The van der Waals surface area contributed by atoms with Crippen molar-refractivity contribution in [3.8, 4) is 0 Å². The molecule has 0 spiro atoms. The van der Waals surface area contributed by atoms with Gasteiger partial charge in [0, 0.05) is 26.6 Å². The van der Waals surface area contributed by atoms with Crippen molar-refractivity contribution in [3.63, 3.8) is 0 Å². The van der Waals surface area contributed by atoms with Gasteiger partial charge in [0.25, 0.3) is 0 Å². The molecule has 1 saturated heterocycles. The second kappa shape index (κ2) is 5.50. The summed E-state index contributed by atoms with van der Waals surface area (Å²) in [5.41, 5.74) is 0. The van der Waals surface area contributed by atoms with Crippen LogP contribution >= 0.6 is 0 Å². The van der Waals surface area contributed by atoms with E-state index in [2.05, 4.69) is 18.7 Å². The number of amides is 1. The number of piperidine rings is 1. The molecule has 0 aromatic carbocycles. The lowest BCUT2D eigenvalue weighted by Gasteiger charge is -2.33. The molecular weight excluding hydrogens is 188 g/mol. The van der Waals surface area contributed by atoms with Crippen LogP contribution < -0.4 is 0 Å². The predicted octanol–water partition coefficient (Wildman–Crippen LogP) is 1.44. The number of nitrogens with zero attached hydrogens (tertiary/aromatic N) is 2. The smallest absolute Gasteiger partial charge is 0.225 e. The maximum absolute atomic E-state index is 11.7. The van der Waals surface area contributed by atoms with Crippen molar-refractivity contribution in [3.05, 3.63) is 0 Å². The van der Waals surface area contributed by atoms with Crippen molar-refractivity contribution in [2.75, 3.05) is 33.7 Å². The van der Waals surface area contributed by atoms with E-state index in [1.54, 1.807) is 4.90 Å². The highest BCUT2D eigenvalue weighted by Crippen LogP contribution is 2.19. The number of likely N-dealkylation sites (tertiary alicyclic amines) is 1. The highest BCUT2D eigenvalue weighted by Gasteiger charge is 2.25. The van der Waals surface area contributed by atoms with Crippen LogP contribution in [0.4, 0.5) is 0 Å². The van der Waals surface area contributed by atoms with Crippen LogP contribution in [0.15, 0.2) is 0 Å². The van der Waals surface area contributed by atoms with Gasteiger partial charge in [0.15, 0.2) is 0 Å². The van der Waals surface area contributed by atoms with E-state index >= 15 is 0 Å². The fourth-order valence-corrected chi connectivity index (χ4v) is 2.24. The van der Waals surface area contributed by atoms with Crippen molar-refractivity contribution in [1.82, 2.24) is 9.80 Å². The lowest BCUT2D eigenvalue weighted by Crippen LogP contribution is -2.41. The Morgan fingerprint density at radius 3 is 2.27 bits per heavy atom. The van der Waals surface area contributed by atoms with Gasteiger partial charge in [-0.25, -0.2) is 0 Å². The average molecular weight is 212 g/mol. The minimum atomic E-state index is 0.267. The Bertz CT molecular complexity index is 206. The molecule has 1 heterocycles. The second-order valence-electron chi connectivity index (χ2n) is 5.20. The van der Waals surface area contributed by atoms with Crippen molar-refractivity contribution in [2.45, 2.75) is 26.7 Å². The van der Waals surface area contributed by atoms with E-state index in [9.17, 15) is 4.79 Å². The molecule has 0 atom stereocenters. The topological polar surface area (TPSA) is 23.6 Å². The maximum Gasteiger partial charge on any atom is 0.225 e. The summed E-state index contributed by atoms with van der Waals surface area (Å²) < 4.78 is 0. The van der Waals surface area contributed by atoms with Crippen LogP contribution in [0, 0.1) is 11.8 Å². The molecule has 0 aliphatic carbocycles. The SMILES string of the molecule is CC(C)CN1CCC(C(=O)N(C)C)CC1. The van der Waals surface area contributed by atoms with Gasteiger partial charge in [-0.3, -0.25) is 4.79 Å². The summed E-state index contributed by atoms with van der Waals surface area (Å²) in [6.07, 6.45) is 2.06. The normalized spacial score (nSPS) is 19.5.